The lowest BCUT2D eigenvalue weighted by molar-refractivity contribution is 0.0945. The molecule has 158 valence electrons. The van der Waals surface area contributed by atoms with Gasteiger partial charge in [-0.3, -0.25) is 9.89 Å². The number of aromatic amines is 1. The molecule has 0 saturated heterocycles. The second kappa shape index (κ2) is 8.85. The van der Waals surface area contributed by atoms with Crippen LogP contribution in [0.15, 0.2) is 52.9 Å². The molecule has 7 nitrogen and oxygen atoms in total. The van der Waals surface area contributed by atoms with Crippen molar-refractivity contribution < 1.29 is 23.4 Å². The number of rotatable bonds is 7. The first-order valence-electron chi connectivity index (χ1n) is 9.54. The molecule has 4 rings (SSSR count). The Bertz CT molecular complexity index is 1240. The Morgan fingerprint density at radius 3 is 2.65 bits per heavy atom. The summed E-state index contributed by atoms with van der Waals surface area (Å²) in [5.41, 5.74) is 2.46. The number of hydrogen-bond acceptors (Lipinski definition) is 5. The summed E-state index contributed by atoms with van der Waals surface area (Å²) < 4.78 is 24.1. The Morgan fingerprint density at radius 1 is 1.16 bits per heavy atom. The zero-order valence-electron chi connectivity index (χ0n) is 16.7. The fourth-order valence-corrected chi connectivity index (χ4v) is 3.23. The Morgan fingerprint density at radius 2 is 1.94 bits per heavy atom. The van der Waals surface area contributed by atoms with Crippen molar-refractivity contribution in [2.45, 2.75) is 13.2 Å². The largest absolute Gasteiger partial charge is 0.495 e. The van der Waals surface area contributed by atoms with Crippen molar-refractivity contribution in [1.29, 1.82) is 0 Å². The van der Waals surface area contributed by atoms with E-state index < -0.39 is 0 Å². The minimum absolute atomic E-state index is 0.169. The monoisotopic (exact) mass is 421 g/mol. The Hall–Kier alpha value is -3.91. The number of fused-ring (bicyclic) bond motifs is 1. The molecular formula is C23H20FN3O4. The highest BCUT2D eigenvalue weighted by Crippen LogP contribution is 2.32. The molecule has 0 fully saturated rings. The van der Waals surface area contributed by atoms with Crippen molar-refractivity contribution in [3.8, 4) is 5.75 Å². The molecular weight excluding hydrogens is 401 g/mol. The number of aromatic nitrogens is 2. The van der Waals surface area contributed by atoms with Crippen LogP contribution in [0.25, 0.3) is 23.1 Å². The normalized spacial score (nSPS) is 11.3. The molecule has 3 N–H and O–H groups in total. The number of carbonyl (C=O) groups is 1. The fraction of sp³-hybridized carbons (Fsp3) is 0.130. The maximum absolute atomic E-state index is 13.1. The van der Waals surface area contributed by atoms with Crippen LogP contribution < -0.4 is 10.1 Å². The van der Waals surface area contributed by atoms with Gasteiger partial charge in [0.15, 0.2) is 0 Å². The molecule has 0 bridgehead atoms. The van der Waals surface area contributed by atoms with E-state index in [1.807, 2.05) is 0 Å². The van der Waals surface area contributed by atoms with Gasteiger partial charge in [-0.25, -0.2) is 4.39 Å². The molecule has 0 atom stereocenters. The van der Waals surface area contributed by atoms with Gasteiger partial charge in [0.2, 0.25) is 0 Å². The highest BCUT2D eigenvalue weighted by molar-refractivity contribution is 6.05. The molecule has 2 aromatic carbocycles. The molecule has 0 unspecified atom stereocenters. The first kappa shape index (κ1) is 20.4. The van der Waals surface area contributed by atoms with Crippen LogP contribution in [0.5, 0.6) is 5.75 Å². The number of carbonyl (C=O) groups excluding carboxylic acids is 1. The Kier molecular flexibility index (Phi) is 5.81. The van der Waals surface area contributed by atoms with Crippen molar-refractivity contribution in [2.75, 3.05) is 7.11 Å². The van der Waals surface area contributed by atoms with Crippen molar-refractivity contribution in [1.82, 2.24) is 15.5 Å². The lowest BCUT2D eigenvalue weighted by Crippen LogP contribution is -2.23. The highest BCUT2D eigenvalue weighted by Gasteiger charge is 2.19. The second-order valence-electron chi connectivity index (χ2n) is 6.77. The summed E-state index contributed by atoms with van der Waals surface area (Å²) in [7, 11) is 1.49. The van der Waals surface area contributed by atoms with Gasteiger partial charge in [0.1, 0.15) is 29.7 Å². The number of halogens is 1. The molecule has 0 radical (unpaired) electrons. The quantitative estimate of drug-likeness (QED) is 0.420. The van der Waals surface area contributed by atoms with Gasteiger partial charge in [0.25, 0.3) is 5.91 Å². The SMILES string of the molecule is COc1c(C(=O)NCc2ccc(CO)o2)ccc2[nH]nc(/C=C/c3ccc(F)cc3)c12. The van der Waals surface area contributed by atoms with E-state index in [1.54, 1.807) is 48.6 Å². The van der Waals surface area contributed by atoms with Gasteiger partial charge < -0.3 is 19.6 Å². The molecule has 0 saturated carbocycles. The third kappa shape index (κ3) is 4.34. The average molecular weight is 421 g/mol. The van der Waals surface area contributed by atoms with Crippen molar-refractivity contribution in [3.05, 3.63) is 82.7 Å². The number of nitrogens with zero attached hydrogens (tertiary/aromatic N) is 1. The number of hydrogen-bond donors (Lipinski definition) is 3. The van der Waals surface area contributed by atoms with E-state index in [0.717, 1.165) is 5.56 Å². The zero-order valence-corrected chi connectivity index (χ0v) is 16.7. The molecule has 4 aromatic rings. The number of ether oxygens (including phenoxy) is 1. The first-order chi connectivity index (χ1) is 15.1. The predicted octanol–water partition coefficient (Wildman–Crippen LogP) is 3.90. The van der Waals surface area contributed by atoms with Crippen LogP contribution in [0.3, 0.4) is 0 Å². The van der Waals surface area contributed by atoms with Gasteiger partial charge in [-0.1, -0.05) is 18.2 Å². The summed E-state index contributed by atoms with van der Waals surface area (Å²) in [6.45, 7) is -0.0319. The van der Waals surface area contributed by atoms with Gasteiger partial charge in [-0.05, 0) is 48.0 Å². The molecule has 0 aliphatic carbocycles. The standard InChI is InChI=1S/C23H20FN3O4/c1-30-22-18(23(29)25-12-16-7-8-17(13-28)31-16)9-11-20-21(22)19(26-27-20)10-4-14-2-5-15(24)6-3-14/h2-11,28H,12-13H2,1H3,(H,25,29)(H,26,27)/b10-4+. The topological polar surface area (TPSA) is 100 Å². The van der Waals surface area contributed by atoms with Crippen molar-refractivity contribution >= 4 is 29.0 Å². The molecule has 0 aliphatic rings. The Balaban J connectivity index is 1.61. The zero-order chi connectivity index (χ0) is 21.8. The summed E-state index contributed by atoms with van der Waals surface area (Å²) in [5, 5.41) is 19.8. The van der Waals surface area contributed by atoms with Gasteiger partial charge in [-0.2, -0.15) is 5.10 Å². The van der Waals surface area contributed by atoms with Gasteiger partial charge >= 0.3 is 0 Å². The van der Waals surface area contributed by atoms with E-state index in [4.69, 9.17) is 14.3 Å². The summed E-state index contributed by atoms with van der Waals surface area (Å²) >= 11 is 0. The maximum atomic E-state index is 13.1. The van der Waals surface area contributed by atoms with E-state index in [0.29, 0.717) is 39.4 Å². The third-order valence-corrected chi connectivity index (χ3v) is 4.76. The van der Waals surface area contributed by atoms with Crippen LogP contribution in [-0.2, 0) is 13.2 Å². The van der Waals surface area contributed by atoms with E-state index in [1.165, 1.54) is 19.2 Å². The summed E-state index contributed by atoms with van der Waals surface area (Å²) in [6.07, 6.45) is 3.58. The summed E-state index contributed by atoms with van der Waals surface area (Å²) in [5.74, 6) is 0.707. The lowest BCUT2D eigenvalue weighted by atomic mass is 10.1. The number of amides is 1. The number of furan rings is 1. The molecule has 2 heterocycles. The van der Waals surface area contributed by atoms with Crippen molar-refractivity contribution in [2.24, 2.45) is 0 Å². The Labute approximate surface area is 177 Å². The second-order valence-corrected chi connectivity index (χ2v) is 6.77. The van der Waals surface area contributed by atoms with Crippen molar-refractivity contribution in [3.63, 3.8) is 0 Å². The van der Waals surface area contributed by atoms with Gasteiger partial charge in [0, 0.05) is 0 Å². The van der Waals surface area contributed by atoms with E-state index in [2.05, 4.69) is 15.5 Å². The first-order valence-corrected chi connectivity index (χ1v) is 9.54. The molecule has 0 aliphatic heterocycles. The number of benzene rings is 2. The molecule has 31 heavy (non-hydrogen) atoms. The highest BCUT2D eigenvalue weighted by atomic mass is 19.1. The summed E-state index contributed by atoms with van der Waals surface area (Å²) in [6, 6.07) is 12.8. The van der Waals surface area contributed by atoms with E-state index in [9.17, 15) is 9.18 Å². The predicted molar refractivity (Wildman–Crippen MR) is 114 cm³/mol. The molecule has 2 aromatic heterocycles. The van der Waals surface area contributed by atoms with Crippen LogP contribution in [0.1, 0.15) is 33.1 Å². The number of aliphatic hydroxyl groups is 1. The van der Waals surface area contributed by atoms with Crippen LogP contribution in [0.4, 0.5) is 4.39 Å². The van der Waals surface area contributed by atoms with Gasteiger partial charge in [0.05, 0.1) is 35.8 Å². The fourth-order valence-electron chi connectivity index (χ4n) is 3.23. The maximum Gasteiger partial charge on any atom is 0.255 e. The van der Waals surface area contributed by atoms with Gasteiger partial charge in [-0.15, -0.1) is 0 Å². The van der Waals surface area contributed by atoms with E-state index in [-0.39, 0.29) is 24.9 Å². The van der Waals surface area contributed by atoms with Crippen LogP contribution in [-0.4, -0.2) is 28.3 Å². The van der Waals surface area contributed by atoms with E-state index >= 15 is 0 Å². The molecule has 0 spiro atoms. The molecule has 1 amide bonds. The third-order valence-electron chi connectivity index (χ3n) is 4.76. The minimum Gasteiger partial charge on any atom is -0.495 e. The summed E-state index contributed by atoms with van der Waals surface area (Å²) in [4.78, 5) is 12.8. The van der Waals surface area contributed by atoms with Crippen LogP contribution >= 0.6 is 0 Å². The average Bonchev–Trinajstić information content (AvgIpc) is 3.43. The van der Waals surface area contributed by atoms with Crippen LogP contribution in [0, 0.1) is 5.82 Å². The number of methoxy groups -OCH3 is 1. The number of nitrogens with one attached hydrogen (secondary N) is 2. The molecule has 8 heteroatoms. The number of aliphatic hydroxyl groups excluding tert-OH is 1. The van der Waals surface area contributed by atoms with Crippen LogP contribution in [0.2, 0.25) is 0 Å². The smallest absolute Gasteiger partial charge is 0.255 e. The number of H-pyrrole nitrogens is 1. The minimum atomic E-state index is -0.338. The lowest BCUT2D eigenvalue weighted by Gasteiger charge is -2.10.